The van der Waals surface area contributed by atoms with E-state index < -0.39 is 0 Å². The fraction of sp³-hybridized carbons (Fsp3) is 0.778. The van der Waals surface area contributed by atoms with Gasteiger partial charge in [0.2, 0.25) is 0 Å². The summed E-state index contributed by atoms with van der Waals surface area (Å²) in [6.45, 7) is 0. The zero-order valence-corrected chi connectivity index (χ0v) is 20.7. The van der Waals surface area contributed by atoms with Crippen LogP contribution < -0.4 is 0 Å². The number of hydrogen-bond acceptors (Lipinski definition) is 3. The van der Waals surface area contributed by atoms with Crippen molar-refractivity contribution >= 4 is 71.4 Å². The van der Waals surface area contributed by atoms with Gasteiger partial charge < -0.3 is 5.11 Å². The number of carbonyl (C=O) groups excluding carboxylic acids is 2. The first kappa shape index (κ1) is 25.1. The lowest BCUT2D eigenvalue weighted by Crippen LogP contribution is -2.17. The van der Waals surface area contributed by atoms with Crippen molar-refractivity contribution in [2.45, 2.75) is 87.4 Å². The normalized spacial score (nSPS) is 23.3. The molecule has 2 fully saturated rings. The summed E-state index contributed by atoms with van der Waals surface area (Å²) < 4.78 is 0.335. The molecule has 1 atom stereocenters. The minimum Gasteiger partial charge on any atom is -0.513 e. The van der Waals surface area contributed by atoms with Crippen molar-refractivity contribution in [2.75, 3.05) is 0 Å². The maximum Gasteiger partial charge on any atom is 0.145 e. The van der Waals surface area contributed by atoms with E-state index in [1.807, 2.05) is 6.08 Å². The lowest BCUT2D eigenvalue weighted by Gasteiger charge is -2.13. The molecule has 3 nitrogen and oxygen atoms in total. The summed E-state index contributed by atoms with van der Waals surface area (Å²) >= 11 is 6.47. The number of aliphatic hydroxyl groups excluding tert-OH is 1. The van der Waals surface area contributed by atoms with Gasteiger partial charge in [-0.05, 0) is 51.0 Å². The van der Waals surface area contributed by atoms with Gasteiger partial charge in [0, 0.05) is 62.9 Å². The fourth-order valence-corrected chi connectivity index (χ4v) is 3.46. The molecule has 3 aliphatic rings. The predicted molar refractivity (Wildman–Crippen MR) is 127 cm³/mol. The lowest BCUT2D eigenvalue weighted by molar-refractivity contribution is -0.120. The summed E-state index contributed by atoms with van der Waals surface area (Å²) in [7, 11) is 0. The molecule has 3 rings (SSSR count). The molecule has 1 unspecified atom stereocenters. The van der Waals surface area contributed by atoms with Gasteiger partial charge in [-0.15, -0.1) is 0 Å². The first-order valence-corrected chi connectivity index (χ1v) is 16.3. The number of rotatable bonds is 0. The summed E-state index contributed by atoms with van der Waals surface area (Å²) in [6.07, 6.45) is 15.9. The van der Waals surface area contributed by atoms with Gasteiger partial charge in [-0.3, -0.25) is 9.59 Å². The molecular weight excluding hydrogens is 645 g/mol. The SMILES string of the molecule is II.O=C1CCCCC1.O=C1CCCCC1I.OC1=CCCCC1. The molecule has 0 aromatic heterocycles. The highest BCUT2D eigenvalue weighted by atomic mass is 128. The molecule has 0 aliphatic heterocycles. The van der Waals surface area contributed by atoms with Crippen LogP contribution >= 0.6 is 59.8 Å². The number of alkyl halides is 1. The smallest absolute Gasteiger partial charge is 0.145 e. The third-order valence-corrected chi connectivity index (χ3v) is 5.48. The highest BCUT2D eigenvalue weighted by Crippen LogP contribution is 2.20. The Morgan fingerprint density at radius 1 is 0.833 bits per heavy atom. The maximum absolute atomic E-state index is 10.8. The number of Topliss-reactive ketones (excluding diaryl/α,β-unsaturated/α-hetero) is 2. The highest BCUT2D eigenvalue weighted by molar-refractivity contribution is 15.0. The number of ketones is 2. The second-order valence-corrected chi connectivity index (χ2v) is 7.72. The van der Waals surface area contributed by atoms with E-state index in [9.17, 15) is 9.59 Å². The van der Waals surface area contributed by atoms with Crippen LogP contribution in [0.4, 0.5) is 0 Å². The third-order valence-electron chi connectivity index (χ3n) is 4.16. The monoisotopic (exact) mass is 674 g/mol. The van der Waals surface area contributed by atoms with Crippen LogP contribution in [-0.2, 0) is 9.59 Å². The van der Waals surface area contributed by atoms with Gasteiger partial charge in [-0.25, -0.2) is 0 Å². The van der Waals surface area contributed by atoms with Gasteiger partial charge >= 0.3 is 0 Å². The zero-order valence-electron chi connectivity index (χ0n) is 14.2. The molecule has 0 heterocycles. The average Bonchev–Trinajstić information content (AvgIpc) is 2.62. The standard InChI is InChI=1S/C6H9IO.2C6H10O.I2/c7-5-3-1-2-4-6(5)8;2*7-6-4-2-1-3-5-6;1-2/h5H,1-4H2;1-5H2;4,7H,1-3,5H2;. The summed E-state index contributed by atoms with van der Waals surface area (Å²) in [5.74, 6) is 1.51. The van der Waals surface area contributed by atoms with Gasteiger partial charge in [-0.1, -0.05) is 35.4 Å². The van der Waals surface area contributed by atoms with E-state index in [0.29, 0.717) is 21.3 Å². The second kappa shape index (κ2) is 17.5. The molecule has 0 aromatic carbocycles. The molecular formula is C18H29I3O3. The van der Waals surface area contributed by atoms with Crippen LogP contribution in [0.3, 0.4) is 0 Å². The Kier molecular flexibility index (Phi) is 18.3. The van der Waals surface area contributed by atoms with E-state index in [0.717, 1.165) is 57.8 Å². The van der Waals surface area contributed by atoms with Gasteiger partial charge in [0.05, 0.1) is 9.68 Å². The van der Waals surface area contributed by atoms with Gasteiger partial charge in [0.1, 0.15) is 11.6 Å². The number of halogens is 3. The second-order valence-electron chi connectivity index (χ2n) is 6.22. The molecule has 140 valence electrons. The van der Waals surface area contributed by atoms with Crippen LogP contribution in [0.15, 0.2) is 11.8 Å². The predicted octanol–water partition coefficient (Wildman–Crippen LogP) is 7.23. The van der Waals surface area contributed by atoms with Gasteiger partial charge in [0.15, 0.2) is 0 Å². The topological polar surface area (TPSA) is 54.4 Å². The molecule has 0 radical (unpaired) electrons. The molecule has 0 amide bonds. The Balaban J connectivity index is 0.000000315. The van der Waals surface area contributed by atoms with Crippen molar-refractivity contribution in [2.24, 2.45) is 0 Å². The van der Waals surface area contributed by atoms with Crippen molar-refractivity contribution in [3.63, 3.8) is 0 Å². The van der Waals surface area contributed by atoms with E-state index in [-0.39, 0.29) is 0 Å². The molecule has 3 aliphatic carbocycles. The Bertz CT molecular complexity index is 376. The van der Waals surface area contributed by atoms with Crippen LogP contribution in [0.2, 0.25) is 0 Å². The molecule has 0 saturated heterocycles. The largest absolute Gasteiger partial charge is 0.513 e. The van der Waals surface area contributed by atoms with E-state index >= 15 is 0 Å². The number of carbonyl (C=O) groups is 2. The first-order valence-electron chi connectivity index (χ1n) is 8.80. The van der Waals surface area contributed by atoms with E-state index in [2.05, 4.69) is 59.8 Å². The zero-order chi connectivity index (χ0) is 18.2. The molecule has 1 N–H and O–H groups in total. The summed E-state index contributed by atoms with van der Waals surface area (Å²) in [6, 6.07) is 0. The quantitative estimate of drug-likeness (QED) is 0.218. The number of allylic oxidation sites excluding steroid dienone is 2. The third kappa shape index (κ3) is 14.3. The minimum atomic E-state index is 0.335. The number of hydrogen-bond donors (Lipinski definition) is 1. The van der Waals surface area contributed by atoms with Crippen LogP contribution in [0.1, 0.15) is 83.5 Å². The molecule has 6 heteroatoms. The van der Waals surface area contributed by atoms with E-state index in [4.69, 9.17) is 5.11 Å². The van der Waals surface area contributed by atoms with Crippen molar-refractivity contribution in [3.05, 3.63) is 11.8 Å². The van der Waals surface area contributed by atoms with E-state index in [1.165, 1.54) is 25.7 Å². The number of aliphatic hydroxyl groups is 1. The van der Waals surface area contributed by atoms with E-state index in [1.54, 1.807) is 0 Å². The highest BCUT2D eigenvalue weighted by Gasteiger charge is 2.17. The van der Waals surface area contributed by atoms with Crippen molar-refractivity contribution in [3.8, 4) is 0 Å². The van der Waals surface area contributed by atoms with Crippen LogP contribution in [-0.4, -0.2) is 20.6 Å². The van der Waals surface area contributed by atoms with Crippen molar-refractivity contribution < 1.29 is 14.7 Å². The lowest BCUT2D eigenvalue weighted by atomic mass is 10.00. The van der Waals surface area contributed by atoms with Gasteiger partial charge in [0.25, 0.3) is 0 Å². The molecule has 0 bridgehead atoms. The van der Waals surface area contributed by atoms with Crippen LogP contribution in [0.25, 0.3) is 0 Å². The molecule has 24 heavy (non-hydrogen) atoms. The van der Waals surface area contributed by atoms with Crippen molar-refractivity contribution in [1.82, 2.24) is 0 Å². The van der Waals surface area contributed by atoms with Gasteiger partial charge in [-0.2, -0.15) is 0 Å². The average molecular weight is 674 g/mol. The summed E-state index contributed by atoms with van der Waals surface area (Å²) in [5, 5.41) is 8.77. The Labute approximate surface area is 183 Å². The summed E-state index contributed by atoms with van der Waals surface area (Å²) in [5.41, 5.74) is 0. The first-order chi connectivity index (χ1) is 11.6. The fourth-order valence-electron chi connectivity index (χ4n) is 2.71. The van der Waals surface area contributed by atoms with Crippen LogP contribution in [0, 0.1) is 0 Å². The molecule has 2 saturated carbocycles. The minimum absolute atomic E-state index is 0.335. The Hall–Kier alpha value is 1.07. The maximum atomic E-state index is 10.8. The van der Waals surface area contributed by atoms with Crippen molar-refractivity contribution in [1.29, 1.82) is 0 Å². The Morgan fingerprint density at radius 3 is 1.71 bits per heavy atom. The van der Waals surface area contributed by atoms with Crippen LogP contribution in [0.5, 0.6) is 0 Å². The molecule has 0 spiro atoms. The summed E-state index contributed by atoms with van der Waals surface area (Å²) in [4.78, 5) is 21.2. The Morgan fingerprint density at radius 2 is 1.42 bits per heavy atom. The molecule has 0 aromatic rings.